The standard InChI is InChI=1S/C79H141N3O36/c1-5-7-9-11-13-15-17-19-20-22-24-26-28-30-32-34-54(94)82-45(46(91)33-31-29-27-25-23-21-18-16-14-12-10-8-6-2)42-107-74-63(101)62(100)68(53(41-88)112-74)114-75-65(103)71(59(97)50(38-85)108-75)116-76-64(102)70(58(96)49(37-84)109-76)115-73-56(81-44(4)90)61(99)67(52(40-87)111-73)113-77-66(104)72(60(98)51(39-86)110-77)118-79(78(105)106)35-47(92)55(80-43(3)89)69(117-79)57(95)48(93)36-83/h31,33,45-53,55-77,83-88,91-93,95-104H,5-30,32,34-42H2,1-4H3,(H,80,89)(H,81,90)(H,82,94)(H,105,106)/b33-31+/t45-,46+,47?,48+,49?,50?,51?,52?,53?,55+,56?,57+,58-,59-,60-,61+,62+,63?,64?,65?,66?,67+,68+,69?,70-,71-,72-,73-,74+,75-,76+,77-,79-/m0/s1. The molecule has 3 amide bonds. The molecule has 118 heavy (non-hydrogen) atoms. The lowest BCUT2D eigenvalue weighted by molar-refractivity contribution is -0.394. The summed E-state index contributed by atoms with van der Waals surface area (Å²) in [6, 6.07) is -4.71. The number of rotatable bonds is 55. The third kappa shape index (κ3) is 30.3. The van der Waals surface area contributed by atoms with Crippen molar-refractivity contribution in [1.82, 2.24) is 16.0 Å². The van der Waals surface area contributed by atoms with E-state index in [0.29, 0.717) is 12.8 Å². The number of ether oxygens (including phenoxy) is 12. The van der Waals surface area contributed by atoms with Crippen LogP contribution >= 0.6 is 0 Å². The van der Waals surface area contributed by atoms with Gasteiger partial charge in [-0.05, 0) is 19.3 Å². The van der Waals surface area contributed by atoms with Crippen molar-refractivity contribution in [3.8, 4) is 0 Å². The fraction of sp³-hybridized carbons (Fsp3) is 0.924. The summed E-state index contributed by atoms with van der Waals surface area (Å²) in [7, 11) is 0. The van der Waals surface area contributed by atoms with Gasteiger partial charge in [-0.25, -0.2) is 4.79 Å². The predicted octanol–water partition coefficient (Wildman–Crippen LogP) is -3.22. The average molecular weight is 1710 g/mol. The van der Waals surface area contributed by atoms with Crippen LogP contribution in [0.15, 0.2) is 12.2 Å². The predicted molar refractivity (Wildman–Crippen MR) is 411 cm³/mol. The number of hydrogen-bond donors (Lipinski definition) is 23. The van der Waals surface area contributed by atoms with Crippen LogP contribution in [-0.2, 0) is 76.0 Å². The molecule has 0 saturated carbocycles. The fourth-order valence-corrected chi connectivity index (χ4v) is 15.8. The van der Waals surface area contributed by atoms with Crippen LogP contribution < -0.4 is 16.0 Å². The molecular weight excluding hydrogens is 1570 g/mol. The maximum Gasteiger partial charge on any atom is 0.364 e. The summed E-state index contributed by atoms with van der Waals surface area (Å²) in [4.78, 5) is 51.8. The van der Waals surface area contributed by atoms with E-state index in [9.17, 15) is 121 Å². The molecule has 6 rings (SSSR count). The number of aliphatic hydroxyl groups is 19. The SMILES string of the molecule is CCCCCCCCCCCCC/C=C/[C@@H](O)[C@H](CO[C@@H]1OC(CO)[C@@H](O[C@@H]2OC(CO)[C@H](O)[C@H](O[C@H]3OC(CO)[C@H](O)[C@H](O[C@@H]4OC(CO)[C@@H](O[C@@H]5OC(CO)[C@H](O)[C@H](O[C@]6(C(=O)O)CC(O)[C@@H](NC(C)=O)C([C@H](O)[C@H](O)CO)O6)C5O)[C@H](O)C4NC(C)=O)C3O)C2O)[C@H](O)C1O)NC(=O)CCCCCCCCCCCCCCCCC. The van der Waals surface area contributed by atoms with E-state index in [1.807, 2.05) is 6.08 Å². The molecule has 6 aliphatic rings. The second-order valence-electron chi connectivity index (χ2n) is 32.1. The molecule has 688 valence electrons. The number of aliphatic hydroxyl groups excluding tert-OH is 19. The Morgan fingerprint density at radius 2 is 0.822 bits per heavy atom. The van der Waals surface area contributed by atoms with E-state index in [0.717, 1.165) is 65.2 Å². The molecule has 6 saturated heterocycles. The molecule has 39 nitrogen and oxygen atoms in total. The summed E-state index contributed by atoms with van der Waals surface area (Å²) in [5.74, 6) is -7.44. The maximum absolute atomic E-state index is 13.5. The van der Waals surface area contributed by atoms with Crippen molar-refractivity contribution in [3.05, 3.63) is 12.2 Å². The number of unbranched alkanes of at least 4 members (excludes halogenated alkanes) is 25. The number of carbonyl (C=O) groups excluding carboxylic acids is 3. The number of hydrogen-bond acceptors (Lipinski definition) is 35. The maximum atomic E-state index is 13.5. The molecule has 23 N–H and O–H groups in total. The van der Waals surface area contributed by atoms with Gasteiger partial charge in [0.15, 0.2) is 31.5 Å². The zero-order valence-electron chi connectivity index (χ0n) is 68.6. The number of carboxylic acid groups (broad SMARTS) is 1. The molecule has 0 radical (unpaired) electrons. The zero-order valence-corrected chi connectivity index (χ0v) is 68.6. The molecule has 0 spiro atoms. The first-order chi connectivity index (χ1) is 56.5. The van der Waals surface area contributed by atoms with Gasteiger partial charge in [0.1, 0.15) is 140 Å². The molecule has 0 bridgehead atoms. The molecule has 6 heterocycles. The third-order valence-electron chi connectivity index (χ3n) is 22.7. The van der Waals surface area contributed by atoms with Gasteiger partial charge in [-0.15, -0.1) is 0 Å². The van der Waals surface area contributed by atoms with Crippen LogP contribution in [0.4, 0.5) is 0 Å². The highest BCUT2D eigenvalue weighted by Gasteiger charge is 2.62. The molecule has 0 aromatic heterocycles. The lowest BCUT2D eigenvalue weighted by atomic mass is 9.88. The third-order valence-corrected chi connectivity index (χ3v) is 22.7. The van der Waals surface area contributed by atoms with Crippen LogP contribution in [0.2, 0.25) is 0 Å². The largest absolute Gasteiger partial charge is 0.477 e. The average Bonchev–Trinajstić information content (AvgIpc) is 0.749. The molecule has 0 aromatic rings. The molecule has 33 atom stereocenters. The lowest BCUT2D eigenvalue weighted by Crippen LogP contribution is -2.71. The van der Waals surface area contributed by atoms with E-state index in [-0.39, 0.29) is 12.3 Å². The molecule has 12 unspecified atom stereocenters. The smallest absolute Gasteiger partial charge is 0.364 e. The fourth-order valence-electron chi connectivity index (χ4n) is 15.8. The first-order valence-corrected chi connectivity index (χ1v) is 42.6. The second-order valence-corrected chi connectivity index (χ2v) is 32.1. The minimum atomic E-state index is -3.22. The summed E-state index contributed by atoms with van der Waals surface area (Å²) < 4.78 is 70.4. The number of nitrogens with one attached hydrogen (secondary N) is 3. The van der Waals surface area contributed by atoms with Crippen molar-refractivity contribution in [1.29, 1.82) is 0 Å². The molecular formula is C79H141N3O36. The summed E-state index contributed by atoms with van der Waals surface area (Å²) in [6.45, 7) is -0.665. The van der Waals surface area contributed by atoms with Gasteiger partial charge in [-0.2, -0.15) is 0 Å². The van der Waals surface area contributed by atoms with Crippen LogP contribution in [0, 0.1) is 0 Å². The van der Waals surface area contributed by atoms with E-state index in [4.69, 9.17) is 56.8 Å². The molecule has 39 heteroatoms. The Hall–Kier alpha value is -3.62. The number of carbonyl (C=O) groups is 4. The molecule has 6 aliphatic heterocycles. The van der Waals surface area contributed by atoms with Crippen LogP contribution in [0.25, 0.3) is 0 Å². The van der Waals surface area contributed by atoms with Gasteiger partial charge in [0.25, 0.3) is 5.79 Å². The van der Waals surface area contributed by atoms with Crippen molar-refractivity contribution in [3.63, 3.8) is 0 Å². The number of allylic oxidation sites excluding steroid dienone is 1. The number of aliphatic carboxylic acids is 1. The summed E-state index contributed by atoms with van der Waals surface area (Å²) in [6.07, 6.45) is -26.3. The van der Waals surface area contributed by atoms with E-state index in [1.165, 1.54) is 109 Å². The highest BCUT2D eigenvalue weighted by atomic mass is 16.8. The normalized spacial score (nSPS) is 36.4. The van der Waals surface area contributed by atoms with E-state index in [1.54, 1.807) is 6.08 Å². The van der Waals surface area contributed by atoms with Gasteiger partial charge >= 0.3 is 5.97 Å². The van der Waals surface area contributed by atoms with Gasteiger partial charge in [-0.3, -0.25) is 14.4 Å². The first kappa shape index (κ1) is 103. The van der Waals surface area contributed by atoms with Gasteiger partial charge < -0.3 is 175 Å². The van der Waals surface area contributed by atoms with E-state index >= 15 is 0 Å². The Labute approximate surface area is 689 Å². The first-order valence-electron chi connectivity index (χ1n) is 42.6. The highest BCUT2D eigenvalue weighted by Crippen LogP contribution is 2.41. The van der Waals surface area contributed by atoms with Crippen LogP contribution in [0.3, 0.4) is 0 Å². The van der Waals surface area contributed by atoms with Crippen molar-refractivity contribution < 1.29 is 178 Å². The Morgan fingerprint density at radius 3 is 1.25 bits per heavy atom. The minimum absolute atomic E-state index is 0.161. The van der Waals surface area contributed by atoms with Gasteiger partial charge in [0.2, 0.25) is 17.7 Å². The Kier molecular flexibility index (Phi) is 46.9. The van der Waals surface area contributed by atoms with Crippen molar-refractivity contribution >= 4 is 23.7 Å². The molecule has 0 aromatic carbocycles. The van der Waals surface area contributed by atoms with Gasteiger partial charge in [-0.1, -0.05) is 180 Å². The Balaban J connectivity index is 1.11. The number of amides is 3. The van der Waals surface area contributed by atoms with Gasteiger partial charge in [0, 0.05) is 26.7 Å². The summed E-state index contributed by atoms with van der Waals surface area (Å²) in [5, 5.41) is 231. The van der Waals surface area contributed by atoms with E-state index in [2.05, 4.69) is 29.8 Å². The van der Waals surface area contributed by atoms with Crippen LogP contribution in [-0.4, -0.2) is 374 Å². The zero-order chi connectivity index (χ0) is 86.8. The van der Waals surface area contributed by atoms with Crippen molar-refractivity contribution in [2.45, 2.75) is 416 Å². The monoisotopic (exact) mass is 1710 g/mol. The minimum Gasteiger partial charge on any atom is -0.477 e. The van der Waals surface area contributed by atoms with Gasteiger partial charge in [0.05, 0.1) is 70.5 Å². The van der Waals surface area contributed by atoms with Crippen molar-refractivity contribution in [2.75, 3.05) is 46.2 Å². The van der Waals surface area contributed by atoms with Crippen molar-refractivity contribution in [2.24, 2.45) is 0 Å². The molecule has 6 fully saturated rings. The Morgan fingerprint density at radius 1 is 0.441 bits per heavy atom. The van der Waals surface area contributed by atoms with Crippen LogP contribution in [0.1, 0.15) is 214 Å². The number of carboxylic acids is 1. The summed E-state index contributed by atoms with van der Waals surface area (Å²) in [5.41, 5.74) is 0. The Bertz CT molecular complexity index is 2830. The van der Waals surface area contributed by atoms with E-state index < -0.39 is 272 Å². The second kappa shape index (κ2) is 53.6. The topological polar surface area (TPSA) is 620 Å². The molecule has 0 aliphatic carbocycles. The lowest BCUT2D eigenvalue weighted by Gasteiger charge is -2.51. The van der Waals surface area contributed by atoms with Crippen LogP contribution in [0.5, 0.6) is 0 Å². The summed E-state index contributed by atoms with van der Waals surface area (Å²) >= 11 is 0. The highest BCUT2D eigenvalue weighted by molar-refractivity contribution is 5.77. The quantitative estimate of drug-likeness (QED) is 0.0210.